The second-order valence-corrected chi connectivity index (χ2v) is 8.41. The second-order valence-electron chi connectivity index (χ2n) is 7.59. The minimum Gasteiger partial charge on any atom is -0.460 e. The van der Waals surface area contributed by atoms with E-state index in [-0.39, 0.29) is 6.42 Å². The largest absolute Gasteiger partial charge is 0.460 e. The van der Waals surface area contributed by atoms with E-state index in [0.29, 0.717) is 11.8 Å². The fourth-order valence-electron chi connectivity index (χ4n) is 4.99. The van der Waals surface area contributed by atoms with Crippen molar-refractivity contribution in [2.75, 3.05) is 6.61 Å². The first-order chi connectivity index (χ1) is 12.2. The Bertz CT molecular complexity index is 529. The molecule has 10 heteroatoms. The number of carbonyl (C=O) groups excluding carboxylic acids is 2. The van der Waals surface area contributed by atoms with Gasteiger partial charge in [-0.3, -0.25) is 4.79 Å². The molecule has 0 spiro atoms. The van der Waals surface area contributed by atoms with Crippen LogP contribution in [-0.2, 0) is 28.4 Å². The van der Waals surface area contributed by atoms with Crippen molar-refractivity contribution in [1.82, 2.24) is 0 Å². The van der Waals surface area contributed by atoms with Crippen LogP contribution in [0.4, 0.5) is 8.78 Å². The lowest BCUT2D eigenvalue weighted by molar-refractivity contribution is -0.433. The van der Waals surface area contributed by atoms with E-state index in [0.717, 1.165) is 37.5 Å². The first-order valence-corrected chi connectivity index (χ1v) is 9.41. The smallest absolute Gasteiger partial charge is 0.415 e. The van der Waals surface area contributed by atoms with Crippen molar-refractivity contribution in [3.8, 4) is 0 Å². The summed E-state index contributed by atoms with van der Waals surface area (Å²) in [7, 11) is 0. The van der Waals surface area contributed by atoms with Gasteiger partial charge in [-0.05, 0) is 62.7 Å². The van der Waals surface area contributed by atoms with E-state index in [4.69, 9.17) is 9.99 Å². The minimum absolute atomic E-state index is 0.300. The number of hydrogen-bond acceptors (Lipinski definition) is 8. The van der Waals surface area contributed by atoms with Gasteiger partial charge in [-0.25, -0.2) is 10.1 Å². The second kappa shape index (κ2) is 7.57. The molecule has 7 nitrogen and oxygen atoms in total. The molecule has 0 aliphatic heterocycles. The molecular weight excluding hydrogens is 374 g/mol. The highest BCUT2D eigenvalue weighted by Gasteiger charge is 2.57. The Labute approximate surface area is 153 Å². The highest BCUT2D eigenvalue weighted by Crippen LogP contribution is 2.59. The molecule has 4 saturated carbocycles. The zero-order valence-corrected chi connectivity index (χ0v) is 15.1. The predicted molar refractivity (Wildman–Crippen MR) is 84.5 cm³/mol. The molecular formula is C16H22F2O7S. The van der Waals surface area contributed by atoms with Crippen LogP contribution < -0.4 is 0 Å². The van der Waals surface area contributed by atoms with Crippen LogP contribution in [0, 0.1) is 23.7 Å². The normalized spacial score (nSPS) is 35.4. The van der Waals surface area contributed by atoms with Gasteiger partial charge in [0.1, 0.15) is 24.3 Å². The summed E-state index contributed by atoms with van der Waals surface area (Å²) in [6.45, 7) is 1.45. The molecule has 4 bridgehead atoms. The maximum absolute atomic E-state index is 13.2. The van der Waals surface area contributed by atoms with Crippen LogP contribution in [0.1, 0.15) is 45.4 Å². The highest BCUT2D eigenvalue weighted by atomic mass is 32.2. The SMILES string of the molecule is CC1(OC(=O)CCOC(=O)C(F)(F)SOOO)C2CC3CC(C2)CC1C3. The van der Waals surface area contributed by atoms with Gasteiger partial charge in [0.25, 0.3) is 0 Å². The number of ether oxygens (including phenoxy) is 2. The van der Waals surface area contributed by atoms with Crippen molar-refractivity contribution in [2.24, 2.45) is 23.7 Å². The summed E-state index contributed by atoms with van der Waals surface area (Å²) >= 11 is -0.707. The molecule has 0 aromatic heterocycles. The molecule has 4 fully saturated rings. The molecule has 0 heterocycles. The van der Waals surface area contributed by atoms with Gasteiger partial charge in [-0.2, -0.15) is 8.78 Å². The topological polar surface area (TPSA) is 91.3 Å². The van der Waals surface area contributed by atoms with E-state index in [1.165, 1.54) is 6.42 Å². The van der Waals surface area contributed by atoms with Gasteiger partial charge in [0.15, 0.2) is 0 Å². The highest BCUT2D eigenvalue weighted by molar-refractivity contribution is 7.96. The number of rotatable bonds is 8. The summed E-state index contributed by atoms with van der Waals surface area (Å²) in [6, 6.07) is 0. The van der Waals surface area contributed by atoms with Crippen molar-refractivity contribution in [2.45, 2.75) is 56.3 Å². The molecule has 0 aromatic carbocycles. The Kier molecular flexibility index (Phi) is 5.76. The first kappa shape index (κ1) is 19.8. The minimum atomic E-state index is -4.07. The third-order valence-electron chi connectivity index (χ3n) is 6.04. The van der Waals surface area contributed by atoms with Crippen molar-refractivity contribution in [1.29, 1.82) is 0 Å². The van der Waals surface area contributed by atoms with E-state index in [2.05, 4.69) is 14.1 Å². The Morgan fingerprint density at radius 2 is 1.73 bits per heavy atom. The van der Waals surface area contributed by atoms with Gasteiger partial charge in [0, 0.05) is 0 Å². The number of hydrogen-bond donors (Lipinski definition) is 1. The summed E-state index contributed by atoms with van der Waals surface area (Å²) in [6.07, 6.45) is 5.27. The van der Waals surface area contributed by atoms with Crippen molar-refractivity contribution in [3.05, 3.63) is 0 Å². The lowest BCUT2D eigenvalue weighted by atomic mass is 9.50. The van der Waals surface area contributed by atoms with Gasteiger partial charge in [0.2, 0.25) is 0 Å². The third-order valence-corrected chi connectivity index (χ3v) is 6.54. The van der Waals surface area contributed by atoms with E-state index < -0.39 is 41.4 Å². The predicted octanol–water partition coefficient (Wildman–Crippen LogP) is 3.34. The quantitative estimate of drug-likeness (QED) is 0.289. The summed E-state index contributed by atoms with van der Waals surface area (Å²) in [5.74, 6) is -0.291. The molecule has 0 unspecified atom stereocenters. The van der Waals surface area contributed by atoms with Crippen LogP contribution in [0.5, 0.6) is 0 Å². The summed E-state index contributed by atoms with van der Waals surface area (Å²) in [5.41, 5.74) is -0.513. The van der Waals surface area contributed by atoms with E-state index >= 15 is 0 Å². The first-order valence-electron chi connectivity index (χ1n) is 8.67. The Morgan fingerprint density at radius 1 is 1.15 bits per heavy atom. The van der Waals surface area contributed by atoms with Crippen LogP contribution in [0.3, 0.4) is 0 Å². The van der Waals surface area contributed by atoms with Crippen molar-refractivity contribution >= 4 is 24.0 Å². The zero-order valence-electron chi connectivity index (χ0n) is 14.3. The lowest BCUT2D eigenvalue weighted by Gasteiger charge is -2.59. The maximum atomic E-state index is 13.2. The van der Waals surface area contributed by atoms with Crippen molar-refractivity contribution in [3.63, 3.8) is 0 Å². The molecule has 1 N–H and O–H groups in total. The van der Waals surface area contributed by atoms with Crippen LogP contribution in [0.25, 0.3) is 0 Å². The molecule has 0 amide bonds. The number of esters is 2. The lowest BCUT2D eigenvalue weighted by Crippen LogP contribution is -2.58. The third kappa shape index (κ3) is 3.97. The van der Waals surface area contributed by atoms with Gasteiger partial charge in [-0.15, -0.1) is 4.33 Å². The van der Waals surface area contributed by atoms with E-state index in [1.54, 1.807) is 0 Å². The average Bonchev–Trinajstić information content (AvgIpc) is 2.57. The molecule has 0 saturated heterocycles. The monoisotopic (exact) mass is 396 g/mol. The van der Waals surface area contributed by atoms with Gasteiger partial charge >= 0.3 is 17.2 Å². The van der Waals surface area contributed by atoms with Crippen LogP contribution >= 0.6 is 12.0 Å². The number of alkyl halides is 2. The number of carbonyl (C=O) groups is 2. The number of halogens is 2. The summed E-state index contributed by atoms with van der Waals surface area (Å²) in [4.78, 5) is 23.4. The molecule has 4 aliphatic rings. The van der Waals surface area contributed by atoms with Gasteiger partial charge in [-0.1, -0.05) is 5.04 Å². The summed E-state index contributed by atoms with van der Waals surface area (Å²) < 4.78 is 40.1. The van der Waals surface area contributed by atoms with Crippen LogP contribution in [0.15, 0.2) is 0 Å². The molecule has 4 rings (SSSR count). The molecule has 4 aliphatic carbocycles. The Balaban J connectivity index is 1.45. The fraction of sp³-hybridized carbons (Fsp3) is 0.875. The molecule has 26 heavy (non-hydrogen) atoms. The maximum Gasteiger partial charge on any atom is 0.415 e. The Hall–Kier alpha value is -0.970. The average molecular weight is 396 g/mol. The molecule has 0 atom stereocenters. The molecule has 0 radical (unpaired) electrons. The molecule has 148 valence electrons. The van der Waals surface area contributed by atoms with Crippen molar-refractivity contribution < 1.29 is 42.5 Å². The van der Waals surface area contributed by atoms with Crippen LogP contribution in [0.2, 0.25) is 0 Å². The zero-order chi connectivity index (χ0) is 18.9. The summed E-state index contributed by atoms with van der Waals surface area (Å²) in [5, 5.41) is 6.78. The van der Waals surface area contributed by atoms with Gasteiger partial charge < -0.3 is 9.47 Å². The van der Waals surface area contributed by atoms with E-state index in [9.17, 15) is 18.4 Å². The Morgan fingerprint density at radius 3 is 2.27 bits per heavy atom. The van der Waals surface area contributed by atoms with E-state index in [1.807, 2.05) is 6.92 Å². The van der Waals surface area contributed by atoms with Gasteiger partial charge in [0.05, 0.1) is 6.42 Å². The van der Waals surface area contributed by atoms with Crippen LogP contribution in [-0.4, -0.2) is 34.7 Å². The molecule has 0 aromatic rings. The fourth-order valence-corrected chi connectivity index (χ4v) is 5.23. The standard InChI is InChI=1S/C16H22F2O7S/c1-15(11-5-9-4-10(7-11)8-12(15)6-9)23-13(19)2-3-22-14(20)16(17,18)26-25-24-21/h9-12,21H,2-8H2,1H3.